The molecule has 13 heteroatoms. The predicted molar refractivity (Wildman–Crippen MR) is 128 cm³/mol. The maximum atomic E-state index is 14.5. The van der Waals surface area contributed by atoms with Crippen LogP contribution in [0.15, 0.2) is 84.9 Å². The zero-order valence-electron chi connectivity index (χ0n) is 19.4. The number of hydrogen-bond acceptors (Lipinski definition) is 4. The van der Waals surface area contributed by atoms with Crippen molar-refractivity contribution in [3.8, 4) is 0 Å². The van der Waals surface area contributed by atoms with Gasteiger partial charge in [-0.25, -0.2) is 5.09 Å². The fourth-order valence-corrected chi connectivity index (χ4v) is 8.23. The Balaban J connectivity index is 2.19. The lowest BCUT2D eigenvalue weighted by molar-refractivity contribution is -0.165. The van der Waals surface area contributed by atoms with Crippen molar-refractivity contribution in [2.45, 2.75) is 25.1 Å². The van der Waals surface area contributed by atoms with Crippen molar-refractivity contribution in [3.63, 3.8) is 0 Å². The highest BCUT2D eigenvalue weighted by Gasteiger charge is 2.47. The van der Waals surface area contributed by atoms with E-state index in [0.717, 1.165) is 0 Å². The quantitative estimate of drug-likeness (QED) is 0.215. The van der Waals surface area contributed by atoms with Crippen LogP contribution >= 0.6 is 14.9 Å². The molecule has 0 saturated heterocycles. The van der Waals surface area contributed by atoms with Gasteiger partial charge in [-0.3, -0.25) is 18.2 Å². The number of benzene rings is 3. The van der Waals surface area contributed by atoms with Gasteiger partial charge in [0.1, 0.15) is 5.78 Å². The third-order valence-electron chi connectivity index (χ3n) is 5.07. The van der Waals surface area contributed by atoms with Gasteiger partial charge < -0.3 is 0 Å². The van der Waals surface area contributed by atoms with Gasteiger partial charge in [0.25, 0.3) is 0 Å². The molecule has 0 aromatic heterocycles. The molecule has 37 heavy (non-hydrogen) atoms. The summed E-state index contributed by atoms with van der Waals surface area (Å²) in [5, 5.41) is 2.97. The maximum Gasteiger partial charge on any atom is 0.412 e. The Morgan fingerprint density at radius 1 is 0.703 bits per heavy atom. The van der Waals surface area contributed by atoms with E-state index in [1.807, 2.05) is 0 Å². The first-order valence-electron chi connectivity index (χ1n) is 10.8. The largest absolute Gasteiger partial charge is 0.412 e. The molecule has 0 spiro atoms. The summed E-state index contributed by atoms with van der Waals surface area (Å²) in [6.45, 7) is -2.59. The van der Waals surface area contributed by atoms with E-state index in [0.29, 0.717) is 5.56 Å². The predicted octanol–water partition coefficient (Wildman–Crippen LogP) is 6.86. The van der Waals surface area contributed by atoms with Crippen LogP contribution in [0.5, 0.6) is 0 Å². The zero-order valence-corrected chi connectivity index (χ0v) is 21.2. The second-order valence-electron chi connectivity index (χ2n) is 8.04. The van der Waals surface area contributed by atoms with Gasteiger partial charge in [-0.05, 0) is 36.8 Å². The standard InChI is InChI=1S/C24H23F6NO4P2/c1-18-12-14-19(15-13-18)22(37(33,34-16-23(25,26)27)35-17-24(28,29)30)31-36(32,20-8-4-2-5-9-20)21-10-6-3-7-11-21/h2-15,22H,16-17H2,1H3,(H,31,32)/t22-/m1/s1. The monoisotopic (exact) mass is 565 g/mol. The average Bonchev–Trinajstić information content (AvgIpc) is 2.86. The van der Waals surface area contributed by atoms with Gasteiger partial charge in [-0.1, -0.05) is 66.2 Å². The van der Waals surface area contributed by atoms with Crippen molar-refractivity contribution >= 4 is 25.5 Å². The van der Waals surface area contributed by atoms with Gasteiger partial charge in [-0.15, -0.1) is 0 Å². The van der Waals surface area contributed by atoms with E-state index in [9.17, 15) is 35.5 Å². The first-order chi connectivity index (χ1) is 17.2. The third-order valence-corrected chi connectivity index (χ3v) is 9.98. The Morgan fingerprint density at radius 2 is 1.11 bits per heavy atom. The highest BCUT2D eigenvalue weighted by molar-refractivity contribution is 7.77. The molecule has 0 aliphatic rings. The minimum atomic E-state index is -5.32. The smallest absolute Gasteiger partial charge is 0.298 e. The molecule has 5 nitrogen and oxygen atoms in total. The second kappa shape index (κ2) is 11.5. The summed E-state index contributed by atoms with van der Waals surface area (Å²) < 4.78 is 116. The SMILES string of the molecule is Cc1ccc([C@H](NP(=O)(c2ccccc2)c2ccccc2)P(=O)(OCC(F)(F)F)OCC(F)(F)F)cc1. The molecule has 0 bridgehead atoms. The maximum absolute atomic E-state index is 14.5. The minimum Gasteiger partial charge on any atom is -0.298 e. The highest BCUT2D eigenvalue weighted by Crippen LogP contribution is 2.63. The summed E-state index contributed by atoms with van der Waals surface area (Å²) in [5.41, 5.74) is 0.671. The van der Waals surface area contributed by atoms with E-state index in [4.69, 9.17) is 0 Å². The van der Waals surface area contributed by atoms with Gasteiger partial charge >= 0.3 is 19.9 Å². The molecule has 0 aliphatic carbocycles. The number of halogens is 6. The normalized spacial score (nSPS) is 13.9. The Labute approximate surface area is 209 Å². The second-order valence-corrected chi connectivity index (χ2v) is 12.7. The van der Waals surface area contributed by atoms with Crippen molar-refractivity contribution in [1.29, 1.82) is 0 Å². The topological polar surface area (TPSA) is 64.6 Å². The Kier molecular flexibility index (Phi) is 9.09. The first kappa shape index (κ1) is 29.1. The molecule has 0 unspecified atom stereocenters. The lowest BCUT2D eigenvalue weighted by Crippen LogP contribution is -2.32. The minimum absolute atomic E-state index is 0.0367. The van der Waals surface area contributed by atoms with Crippen molar-refractivity contribution in [1.82, 2.24) is 5.09 Å². The van der Waals surface area contributed by atoms with Crippen LogP contribution in [-0.2, 0) is 18.2 Å². The number of alkyl halides is 6. The van der Waals surface area contributed by atoms with Crippen LogP contribution in [0, 0.1) is 6.92 Å². The van der Waals surface area contributed by atoms with Crippen LogP contribution < -0.4 is 15.7 Å². The summed E-state index contributed by atoms with van der Waals surface area (Å²) in [6, 6.07) is 21.1. The van der Waals surface area contributed by atoms with Crippen molar-refractivity contribution < 1.29 is 44.5 Å². The summed E-state index contributed by atoms with van der Waals surface area (Å²) in [5.74, 6) is -1.95. The third kappa shape index (κ3) is 8.03. The van der Waals surface area contributed by atoms with Crippen molar-refractivity contribution in [2.75, 3.05) is 13.2 Å². The van der Waals surface area contributed by atoms with Crippen LogP contribution in [-0.4, -0.2) is 25.6 Å². The molecule has 0 fully saturated rings. The molecule has 1 N–H and O–H groups in total. The van der Waals surface area contributed by atoms with Crippen LogP contribution in [0.1, 0.15) is 16.9 Å². The molecule has 3 rings (SSSR count). The lowest BCUT2D eigenvalue weighted by Gasteiger charge is -2.32. The van der Waals surface area contributed by atoms with E-state index in [-0.39, 0.29) is 16.2 Å². The van der Waals surface area contributed by atoms with Gasteiger partial charge in [-0.2, -0.15) is 26.3 Å². The average molecular weight is 565 g/mol. The molecule has 0 saturated carbocycles. The highest BCUT2D eigenvalue weighted by atomic mass is 31.2. The zero-order chi connectivity index (χ0) is 27.3. The lowest BCUT2D eigenvalue weighted by atomic mass is 10.1. The van der Waals surface area contributed by atoms with E-state index in [1.165, 1.54) is 48.5 Å². The van der Waals surface area contributed by atoms with Gasteiger partial charge in [0.15, 0.2) is 13.2 Å². The summed E-state index contributed by atoms with van der Waals surface area (Å²) in [4.78, 5) is 0. The van der Waals surface area contributed by atoms with Gasteiger partial charge in [0.2, 0.25) is 7.29 Å². The van der Waals surface area contributed by atoms with Crippen molar-refractivity contribution in [3.05, 3.63) is 96.1 Å². The molecule has 0 aliphatic heterocycles. The molecule has 200 valence electrons. The number of aryl methyl sites for hydroxylation is 1. The van der Waals surface area contributed by atoms with E-state index in [2.05, 4.69) is 14.1 Å². The molecule has 0 heterocycles. The Morgan fingerprint density at radius 3 is 1.49 bits per heavy atom. The molecule has 0 amide bonds. The number of rotatable bonds is 10. The summed E-state index contributed by atoms with van der Waals surface area (Å²) >= 11 is 0. The fraction of sp³-hybridized carbons (Fsp3) is 0.250. The van der Waals surface area contributed by atoms with E-state index in [1.54, 1.807) is 43.3 Å². The molecule has 1 atom stereocenters. The molecule has 3 aromatic rings. The molecular weight excluding hydrogens is 542 g/mol. The first-order valence-corrected chi connectivity index (χ1v) is 14.1. The Bertz CT molecular complexity index is 1190. The fourth-order valence-electron chi connectivity index (χ4n) is 3.34. The number of hydrogen-bond donors (Lipinski definition) is 1. The Hall–Kier alpha value is -2.42. The van der Waals surface area contributed by atoms with Gasteiger partial charge in [0.05, 0.1) is 0 Å². The molecule has 0 radical (unpaired) electrons. The molecular formula is C24H23F6NO4P2. The number of nitrogens with one attached hydrogen (secondary N) is 1. The van der Waals surface area contributed by atoms with Crippen LogP contribution in [0.2, 0.25) is 0 Å². The summed E-state index contributed by atoms with van der Waals surface area (Å²) in [6.07, 6.45) is -10.1. The van der Waals surface area contributed by atoms with Gasteiger partial charge in [0, 0.05) is 10.6 Å². The van der Waals surface area contributed by atoms with E-state index >= 15 is 0 Å². The van der Waals surface area contributed by atoms with Crippen LogP contribution in [0.4, 0.5) is 26.3 Å². The molecule has 3 aromatic carbocycles. The summed E-state index contributed by atoms with van der Waals surface area (Å²) in [7, 11) is -9.35. The van der Waals surface area contributed by atoms with Crippen LogP contribution in [0.25, 0.3) is 0 Å². The van der Waals surface area contributed by atoms with Crippen LogP contribution in [0.3, 0.4) is 0 Å². The van der Waals surface area contributed by atoms with Crippen molar-refractivity contribution in [2.24, 2.45) is 0 Å². The van der Waals surface area contributed by atoms with E-state index < -0.39 is 46.2 Å².